The van der Waals surface area contributed by atoms with Crippen LogP contribution in [0.4, 0.5) is 17.1 Å². The predicted molar refractivity (Wildman–Crippen MR) is 145 cm³/mol. The molecule has 1 heterocycles. The number of anilines is 1. The molecular weight excluding hydrogens is 514 g/mol. The molecule has 2 aliphatic rings. The Balaban J connectivity index is 2.05. The van der Waals surface area contributed by atoms with E-state index in [9.17, 15) is 25.3 Å². The summed E-state index contributed by atoms with van der Waals surface area (Å²) in [5, 5.41) is 37.3. The van der Waals surface area contributed by atoms with Gasteiger partial charge in [-0.05, 0) is 34.7 Å². The number of hydrogen-bond donors (Lipinski definition) is 2. The van der Waals surface area contributed by atoms with Gasteiger partial charge in [-0.2, -0.15) is 0 Å². The predicted octanol–water partition coefficient (Wildman–Crippen LogP) is 5.62. The van der Waals surface area contributed by atoms with E-state index >= 15 is 0 Å². The lowest BCUT2D eigenvalue weighted by Crippen LogP contribution is -2.65. The smallest absolute Gasteiger partial charge is 0.335 e. The largest absolute Gasteiger partial charge is 0.414 e. The molecule has 13 heteroatoms. The first-order chi connectivity index (χ1) is 17.2. The Labute approximate surface area is 220 Å². The van der Waals surface area contributed by atoms with Crippen LogP contribution < -0.4 is 5.32 Å². The van der Waals surface area contributed by atoms with Crippen LogP contribution in [0, 0.1) is 26.1 Å². The third kappa shape index (κ3) is 5.47. The van der Waals surface area contributed by atoms with Gasteiger partial charge in [0.2, 0.25) is 0 Å². The second kappa shape index (κ2) is 11.1. The highest BCUT2D eigenvalue weighted by Gasteiger charge is 2.61. The fraction of sp³-hybridized carbons (Fsp3) is 0.750. The molecule has 1 saturated heterocycles. The van der Waals surface area contributed by atoms with E-state index in [-0.39, 0.29) is 51.8 Å². The van der Waals surface area contributed by atoms with Gasteiger partial charge in [-0.3, -0.25) is 20.2 Å². The highest BCUT2D eigenvalue weighted by molar-refractivity contribution is 6.83. The zero-order chi connectivity index (χ0) is 27.9. The molecule has 4 unspecified atom stereocenters. The molecule has 0 aromatic heterocycles. The van der Waals surface area contributed by atoms with E-state index < -0.39 is 45.2 Å². The van der Waals surface area contributed by atoms with E-state index in [1.807, 2.05) is 0 Å². The van der Waals surface area contributed by atoms with E-state index in [0.717, 1.165) is 6.07 Å². The number of nitro groups is 2. The second-order valence-electron chi connectivity index (χ2n) is 11.5. The number of nitro benzene ring substituents is 2. The van der Waals surface area contributed by atoms with Crippen molar-refractivity contribution in [2.24, 2.45) is 5.92 Å². The van der Waals surface area contributed by atoms with Crippen molar-refractivity contribution >= 4 is 34.2 Å². The maximum Gasteiger partial charge on any atom is 0.335 e. The van der Waals surface area contributed by atoms with Crippen LogP contribution in [0.25, 0.3) is 0 Å². The number of fused-ring (bicyclic) bond motifs is 1. The van der Waals surface area contributed by atoms with E-state index in [4.69, 9.17) is 13.0 Å². The maximum atomic E-state index is 11.7. The number of non-ortho nitro benzene ring substituents is 1. The van der Waals surface area contributed by atoms with Gasteiger partial charge in [0.25, 0.3) is 11.4 Å². The average Bonchev–Trinajstić information content (AvgIpc) is 3.05. The SMILES string of the molecule is CC(C)[Si]1(C(C)C)OCC2C(Nc3ccc([N+](=O)[O-])cc3[N+](=O)[O-])CC(O)C2O[Si](C(C)C)(C(C)C)O1. The molecule has 1 aromatic rings. The van der Waals surface area contributed by atoms with Crippen molar-refractivity contribution in [2.45, 2.75) is 102 Å². The first kappa shape index (κ1) is 29.6. The van der Waals surface area contributed by atoms with Gasteiger partial charge in [-0.1, -0.05) is 55.4 Å². The molecule has 0 radical (unpaired) electrons. The summed E-state index contributed by atoms with van der Waals surface area (Å²) in [5.41, 5.74) is -0.0476. The van der Waals surface area contributed by atoms with Gasteiger partial charge < -0.3 is 23.4 Å². The minimum absolute atomic E-state index is 0.106. The van der Waals surface area contributed by atoms with Crippen LogP contribution in [0.2, 0.25) is 22.2 Å². The Morgan fingerprint density at radius 3 is 2.00 bits per heavy atom. The number of rotatable bonds is 8. The fourth-order valence-electron chi connectivity index (χ4n) is 5.88. The van der Waals surface area contributed by atoms with E-state index in [1.165, 1.54) is 12.1 Å². The summed E-state index contributed by atoms with van der Waals surface area (Å²) >= 11 is 0. The van der Waals surface area contributed by atoms with E-state index in [0.29, 0.717) is 6.42 Å². The van der Waals surface area contributed by atoms with Gasteiger partial charge in [0.05, 0.1) is 28.1 Å². The number of hydrogen-bond acceptors (Lipinski definition) is 9. The number of nitrogens with one attached hydrogen (secondary N) is 1. The number of benzene rings is 1. The van der Waals surface area contributed by atoms with Crippen molar-refractivity contribution in [3.05, 3.63) is 38.4 Å². The standard InChI is InChI=1S/C24H41N3O8Si2/c1-14(2)36(15(3)4)33-13-19-21(25-20-10-9-18(26(29)30)11-22(20)27(31)32)12-23(28)24(19)34-37(35-36,16(5)6)17(7)8/h9-11,14-17,19,21,23-25,28H,12-13H2,1-8H3. The van der Waals surface area contributed by atoms with Crippen LogP contribution in [-0.4, -0.2) is 56.9 Å². The molecule has 2 fully saturated rings. The van der Waals surface area contributed by atoms with Gasteiger partial charge >= 0.3 is 17.1 Å². The van der Waals surface area contributed by atoms with Gasteiger partial charge in [0.15, 0.2) is 0 Å². The molecule has 4 atom stereocenters. The van der Waals surface area contributed by atoms with Crippen molar-refractivity contribution in [3.8, 4) is 0 Å². The third-order valence-corrected chi connectivity index (χ3v) is 18.2. The Morgan fingerprint density at radius 1 is 0.946 bits per heavy atom. The highest BCUT2D eigenvalue weighted by Crippen LogP contribution is 2.49. The van der Waals surface area contributed by atoms with Crippen molar-refractivity contribution in [1.29, 1.82) is 0 Å². The Morgan fingerprint density at radius 2 is 1.51 bits per heavy atom. The zero-order valence-corrected chi connectivity index (χ0v) is 25.0. The molecule has 1 aromatic carbocycles. The molecule has 0 amide bonds. The highest BCUT2D eigenvalue weighted by atomic mass is 28.5. The molecule has 0 bridgehead atoms. The normalized spacial score (nSPS) is 27.3. The lowest BCUT2D eigenvalue weighted by Gasteiger charge is -2.52. The molecule has 1 saturated carbocycles. The zero-order valence-electron chi connectivity index (χ0n) is 23.0. The monoisotopic (exact) mass is 555 g/mol. The molecule has 0 spiro atoms. The van der Waals surface area contributed by atoms with Crippen molar-refractivity contribution < 1.29 is 27.9 Å². The van der Waals surface area contributed by atoms with Crippen molar-refractivity contribution in [2.75, 3.05) is 11.9 Å². The van der Waals surface area contributed by atoms with Crippen LogP contribution in [-0.2, 0) is 13.0 Å². The van der Waals surface area contributed by atoms with Gasteiger partial charge in [-0.15, -0.1) is 0 Å². The topological polar surface area (TPSA) is 146 Å². The molecule has 11 nitrogen and oxygen atoms in total. The van der Waals surface area contributed by atoms with E-state index in [2.05, 4.69) is 60.7 Å². The Hall–Kier alpha value is -1.91. The number of aliphatic hydroxyl groups excluding tert-OH is 1. The number of aliphatic hydroxyl groups is 1. The summed E-state index contributed by atoms with van der Waals surface area (Å²) in [6.45, 7) is 17.2. The summed E-state index contributed by atoms with van der Waals surface area (Å²) in [7, 11) is -5.70. The maximum absolute atomic E-state index is 11.7. The average molecular weight is 556 g/mol. The van der Waals surface area contributed by atoms with Crippen molar-refractivity contribution in [3.63, 3.8) is 0 Å². The molecule has 2 N–H and O–H groups in total. The Kier molecular flexibility index (Phi) is 8.87. The first-order valence-corrected chi connectivity index (χ1v) is 17.0. The minimum Gasteiger partial charge on any atom is -0.414 e. The van der Waals surface area contributed by atoms with Crippen molar-refractivity contribution in [1.82, 2.24) is 0 Å². The van der Waals surface area contributed by atoms with Crippen LogP contribution >= 0.6 is 0 Å². The summed E-state index contributed by atoms with van der Waals surface area (Å²) in [5.74, 6) is -0.289. The molecule has 3 rings (SSSR count). The van der Waals surface area contributed by atoms with Gasteiger partial charge in [-0.25, -0.2) is 0 Å². The number of nitrogens with zero attached hydrogens (tertiary/aromatic N) is 2. The summed E-state index contributed by atoms with van der Waals surface area (Å²) in [6.07, 6.45) is -1.08. The van der Waals surface area contributed by atoms with Crippen LogP contribution in [0.15, 0.2) is 18.2 Å². The lowest BCUT2D eigenvalue weighted by atomic mass is 10.0. The fourth-order valence-corrected chi connectivity index (χ4v) is 17.2. The second-order valence-corrected chi connectivity index (χ2v) is 20.3. The summed E-state index contributed by atoms with van der Waals surface area (Å²) < 4.78 is 20.9. The van der Waals surface area contributed by atoms with Crippen LogP contribution in [0.3, 0.4) is 0 Å². The summed E-state index contributed by atoms with van der Waals surface area (Å²) in [4.78, 5) is 21.6. The van der Waals surface area contributed by atoms with Gasteiger partial charge in [0, 0.05) is 24.6 Å². The minimum atomic E-state index is -2.91. The molecule has 1 aliphatic heterocycles. The van der Waals surface area contributed by atoms with E-state index in [1.54, 1.807) is 0 Å². The quantitative estimate of drug-likeness (QED) is 0.237. The Bertz CT molecular complexity index is 990. The lowest BCUT2D eigenvalue weighted by molar-refractivity contribution is -0.393. The molecule has 208 valence electrons. The van der Waals surface area contributed by atoms with Crippen LogP contribution in [0.5, 0.6) is 0 Å². The van der Waals surface area contributed by atoms with Crippen LogP contribution in [0.1, 0.15) is 61.8 Å². The molecule has 1 aliphatic carbocycles. The third-order valence-electron chi connectivity index (χ3n) is 7.90. The summed E-state index contributed by atoms with van der Waals surface area (Å²) in [6, 6.07) is 3.15. The molecule has 37 heavy (non-hydrogen) atoms. The molecular formula is C24H41N3O8Si2. The van der Waals surface area contributed by atoms with Gasteiger partial charge in [0.1, 0.15) is 5.69 Å². The first-order valence-electron chi connectivity index (χ1n) is 13.1.